The Hall–Kier alpha value is -1.01. The van der Waals surface area contributed by atoms with Crippen LogP contribution in [0.2, 0.25) is 0 Å². The first-order valence-electron chi connectivity index (χ1n) is 4.26. The molecule has 1 amide bonds. The molecule has 1 heterocycles. The average Bonchev–Trinajstić information content (AvgIpc) is 2.69. The van der Waals surface area contributed by atoms with Crippen molar-refractivity contribution in [3.8, 4) is 0 Å². The molecule has 0 saturated heterocycles. The third kappa shape index (κ3) is 4.35. The van der Waals surface area contributed by atoms with Gasteiger partial charge in [0.2, 0.25) is 6.41 Å². The van der Waals surface area contributed by atoms with Crippen LogP contribution in [0, 0.1) is 0 Å². The number of carbonyl (C=O) groups is 2. The van der Waals surface area contributed by atoms with Gasteiger partial charge in [0, 0.05) is 16.4 Å². The summed E-state index contributed by atoms with van der Waals surface area (Å²) in [5.41, 5.74) is 0. The van der Waals surface area contributed by atoms with Crippen LogP contribution in [-0.4, -0.2) is 29.3 Å². The van der Waals surface area contributed by atoms with Crippen molar-refractivity contribution in [3.63, 3.8) is 0 Å². The minimum absolute atomic E-state index is 0.381. The number of carboxylic acid groups (broad SMARTS) is 1. The van der Waals surface area contributed by atoms with Gasteiger partial charge in [-0.05, 0) is 11.4 Å². The Kier molecular flexibility index (Phi) is 5.20. The number of hydrogen-bond donors (Lipinski definition) is 2. The Balaban J connectivity index is 2.28. The van der Waals surface area contributed by atoms with Crippen LogP contribution in [0.25, 0.3) is 0 Å². The predicted octanol–water partition coefficient (Wildman–Crippen LogP) is 1.18. The van der Waals surface area contributed by atoms with Gasteiger partial charge in [-0.1, -0.05) is 6.07 Å². The molecule has 1 unspecified atom stereocenters. The normalized spacial score (nSPS) is 12.0. The molecule has 0 aromatic carbocycles. The summed E-state index contributed by atoms with van der Waals surface area (Å²) < 4.78 is 0. The van der Waals surface area contributed by atoms with Gasteiger partial charge in [0.05, 0.1) is 0 Å². The molecular weight excluding hydrogens is 234 g/mol. The molecule has 82 valence electrons. The maximum atomic E-state index is 10.6. The smallest absolute Gasteiger partial charge is 0.327 e. The SMILES string of the molecule is O=CNC(CSCc1cccs1)C(=O)O. The summed E-state index contributed by atoms with van der Waals surface area (Å²) in [5, 5.41) is 13.0. The first-order chi connectivity index (χ1) is 7.24. The van der Waals surface area contributed by atoms with Crippen molar-refractivity contribution < 1.29 is 14.7 Å². The summed E-state index contributed by atoms with van der Waals surface area (Å²) in [5.74, 6) is 0.161. The zero-order valence-electron chi connectivity index (χ0n) is 7.88. The molecule has 0 fully saturated rings. The molecule has 1 atom stereocenters. The maximum absolute atomic E-state index is 10.6. The van der Waals surface area contributed by atoms with Crippen LogP contribution in [0.1, 0.15) is 4.88 Å². The highest BCUT2D eigenvalue weighted by Gasteiger charge is 2.15. The second kappa shape index (κ2) is 6.47. The number of thioether (sulfide) groups is 1. The van der Waals surface area contributed by atoms with Gasteiger partial charge in [0.1, 0.15) is 6.04 Å². The molecule has 1 aromatic rings. The number of nitrogens with one attached hydrogen (secondary N) is 1. The second-order valence-corrected chi connectivity index (χ2v) is 4.83. The Morgan fingerprint density at radius 1 is 1.73 bits per heavy atom. The van der Waals surface area contributed by atoms with Crippen molar-refractivity contribution in [3.05, 3.63) is 22.4 Å². The molecule has 0 bridgehead atoms. The summed E-state index contributed by atoms with van der Waals surface area (Å²) in [6.07, 6.45) is 0.421. The lowest BCUT2D eigenvalue weighted by atomic mass is 10.3. The van der Waals surface area contributed by atoms with Crippen LogP contribution in [0.4, 0.5) is 0 Å². The summed E-state index contributed by atoms with van der Waals surface area (Å²) >= 11 is 3.13. The fourth-order valence-corrected chi connectivity index (χ4v) is 2.85. The van der Waals surface area contributed by atoms with Crippen molar-refractivity contribution in [2.45, 2.75) is 11.8 Å². The molecule has 0 radical (unpaired) electrons. The van der Waals surface area contributed by atoms with Gasteiger partial charge in [-0.25, -0.2) is 4.79 Å². The van der Waals surface area contributed by atoms with E-state index in [1.54, 1.807) is 11.3 Å². The number of hydrogen-bond acceptors (Lipinski definition) is 4. The quantitative estimate of drug-likeness (QED) is 0.708. The van der Waals surface area contributed by atoms with Crippen molar-refractivity contribution >= 4 is 35.5 Å². The first-order valence-corrected chi connectivity index (χ1v) is 6.30. The first kappa shape index (κ1) is 12.1. The molecule has 6 heteroatoms. The number of carbonyl (C=O) groups excluding carboxylic acids is 1. The van der Waals surface area contributed by atoms with Crippen LogP contribution in [0.15, 0.2) is 17.5 Å². The average molecular weight is 245 g/mol. The third-order valence-electron chi connectivity index (χ3n) is 1.68. The lowest BCUT2D eigenvalue weighted by molar-refractivity contribution is -0.139. The van der Waals surface area contributed by atoms with Crippen LogP contribution < -0.4 is 5.32 Å². The largest absolute Gasteiger partial charge is 0.480 e. The third-order valence-corrected chi connectivity index (χ3v) is 3.82. The van der Waals surface area contributed by atoms with Crippen LogP contribution in [0.5, 0.6) is 0 Å². The zero-order chi connectivity index (χ0) is 11.1. The lowest BCUT2D eigenvalue weighted by Gasteiger charge is -2.09. The highest BCUT2D eigenvalue weighted by Crippen LogP contribution is 2.17. The summed E-state index contributed by atoms with van der Waals surface area (Å²) in [6.45, 7) is 0. The van der Waals surface area contributed by atoms with Gasteiger partial charge in [0.25, 0.3) is 0 Å². The van der Waals surface area contributed by atoms with Crippen molar-refractivity contribution in [1.29, 1.82) is 0 Å². The Morgan fingerprint density at radius 2 is 2.53 bits per heavy atom. The van der Waals surface area contributed by atoms with E-state index in [4.69, 9.17) is 5.11 Å². The molecule has 2 N–H and O–H groups in total. The van der Waals surface area contributed by atoms with Gasteiger partial charge < -0.3 is 10.4 Å². The van der Waals surface area contributed by atoms with E-state index in [0.717, 1.165) is 5.75 Å². The number of amides is 1. The maximum Gasteiger partial charge on any atom is 0.327 e. The number of carboxylic acids is 1. The van der Waals surface area contributed by atoms with E-state index in [2.05, 4.69) is 5.32 Å². The van der Waals surface area contributed by atoms with E-state index in [0.29, 0.717) is 12.2 Å². The summed E-state index contributed by atoms with van der Waals surface area (Å²) in [6, 6.07) is 3.16. The van der Waals surface area contributed by atoms with Gasteiger partial charge in [-0.15, -0.1) is 11.3 Å². The van der Waals surface area contributed by atoms with Crippen LogP contribution >= 0.6 is 23.1 Å². The molecule has 0 aliphatic heterocycles. The highest BCUT2D eigenvalue weighted by atomic mass is 32.2. The van der Waals surface area contributed by atoms with Gasteiger partial charge in [-0.2, -0.15) is 11.8 Å². The molecule has 15 heavy (non-hydrogen) atoms. The molecule has 1 rings (SSSR count). The van der Waals surface area contributed by atoms with Gasteiger partial charge in [0.15, 0.2) is 0 Å². The minimum atomic E-state index is -0.999. The van der Waals surface area contributed by atoms with E-state index in [9.17, 15) is 9.59 Å². The Bertz CT molecular complexity index is 313. The summed E-state index contributed by atoms with van der Waals surface area (Å²) in [7, 11) is 0. The van der Waals surface area contributed by atoms with Crippen molar-refractivity contribution in [1.82, 2.24) is 5.32 Å². The number of aliphatic carboxylic acids is 1. The van der Waals surface area contributed by atoms with E-state index in [-0.39, 0.29) is 0 Å². The van der Waals surface area contributed by atoms with E-state index in [1.807, 2.05) is 17.5 Å². The minimum Gasteiger partial charge on any atom is -0.480 e. The summed E-state index contributed by atoms with van der Waals surface area (Å²) in [4.78, 5) is 22.0. The number of thiophene rings is 1. The Morgan fingerprint density at radius 3 is 3.07 bits per heavy atom. The molecule has 1 aromatic heterocycles. The van der Waals surface area contributed by atoms with Gasteiger partial charge >= 0.3 is 5.97 Å². The Labute approximate surface area is 95.7 Å². The molecule has 4 nitrogen and oxygen atoms in total. The lowest BCUT2D eigenvalue weighted by Crippen LogP contribution is -2.37. The fourth-order valence-electron chi connectivity index (χ4n) is 0.945. The van der Waals surface area contributed by atoms with Crippen molar-refractivity contribution in [2.75, 3.05) is 5.75 Å². The topological polar surface area (TPSA) is 66.4 Å². The zero-order valence-corrected chi connectivity index (χ0v) is 9.51. The highest BCUT2D eigenvalue weighted by molar-refractivity contribution is 7.98. The second-order valence-electron chi connectivity index (χ2n) is 2.77. The van der Waals surface area contributed by atoms with Gasteiger partial charge in [-0.3, -0.25) is 4.79 Å². The molecule has 0 aliphatic rings. The molecule has 0 spiro atoms. The molecule has 0 aliphatic carbocycles. The van der Waals surface area contributed by atoms with E-state index >= 15 is 0 Å². The monoisotopic (exact) mass is 245 g/mol. The predicted molar refractivity (Wildman–Crippen MR) is 61.1 cm³/mol. The van der Waals surface area contributed by atoms with E-state index < -0.39 is 12.0 Å². The number of rotatable bonds is 7. The standard InChI is InChI=1S/C9H11NO3S2/c11-6-10-8(9(12)13)5-14-4-7-2-1-3-15-7/h1-3,6,8H,4-5H2,(H,10,11)(H,12,13). The molecule has 0 saturated carbocycles. The van der Waals surface area contributed by atoms with Crippen LogP contribution in [0.3, 0.4) is 0 Å². The molecular formula is C9H11NO3S2. The van der Waals surface area contributed by atoms with Crippen molar-refractivity contribution in [2.24, 2.45) is 0 Å². The van der Waals surface area contributed by atoms with E-state index in [1.165, 1.54) is 16.6 Å². The van der Waals surface area contributed by atoms with Crippen LogP contribution in [-0.2, 0) is 15.3 Å². The fraction of sp³-hybridized carbons (Fsp3) is 0.333.